The van der Waals surface area contributed by atoms with Crippen molar-refractivity contribution < 1.29 is 38.4 Å². The summed E-state index contributed by atoms with van der Waals surface area (Å²) in [4.78, 5) is 12.3. The Balaban J connectivity index is 1.74. The molecule has 37 heavy (non-hydrogen) atoms. The summed E-state index contributed by atoms with van der Waals surface area (Å²) >= 11 is 0. The van der Waals surface area contributed by atoms with Gasteiger partial charge in [0.25, 0.3) is 5.88 Å². The molecule has 0 aliphatic carbocycles. The number of rotatable bonds is 9. The zero-order valence-corrected chi connectivity index (χ0v) is 20.7. The van der Waals surface area contributed by atoms with Crippen LogP contribution in [0.25, 0.3) is 5.65 Å². The molecule has 0 amide bonds. The quantitative estimate of drug-likeness (QED) is 0.314. The molecular weight excluding hydrogens is 527 g/mol. The second-order valence-corrected chi connectivity index (χ2v) is 10.5. The molecule has 4 rings (SSSR count). The molecule has 0 radical (unpaired) electrons. The molecule has 1 fully saturated rings. The molecular formula is C21H25F5N6O4S. The van der Waals surface area contributed by atoms with Gasteiger partial charge >= 0.3 is 10.2 Å². The third kappa shape index (κ3) is 5.79. The van der Waals surface area contributed by atoms with Crippen molar-refractivity contribution in [3.63, 3.8) is 0 Å². The smallest absolute Gasteiger partial charge is 0.310 e. The maximum Gasteiger partial charge on any atom is 0.310 e. The molecule has 0 atom stereocenters. The molecule has 1 N–H and O–H groups in total. The van der Waals surface area contributed by atoms with E-state index in [1.807, 2.05) is 0 Å². The fourth-order valence-electron chi connectivity index (χ4n) is 3.74. The highest BCUT2D eigenvalue weighted by molar-refractivity contribution is 8.45. The SMILES string of the molecule is CCOc1cc2nn(CC(=O)c3cc(N4CCOCC4)cc(S(F)(F)(F)(F)F)c3)c(=N)n2nc1OCC. The van der Waals surface area contributed by atoms with Crippen molar-refractivity contribution >= 4 is 27.3 Å². The van der Waals surface area contributed by atoms with Gasteiger partial charge in [0.1, 0.15) is 11.4 Å². The number of morpholine rings is 1. The van der Waals surface area contributed by atoms with Gasteiger partial charge in [-0.25, -0.2) is 4.68 Å². The first-order valence-corrected chi connectivity index (χ1v) is 13.2. The summed E-state index contributed by atoms with van der Waals surface area (Å²) in [5.74, 6) is -0.616. The monoisotopic (exact) mass is 552 g/mol. The molecule has 2 aromatic heterocycles. The zero-order chi connectivity index (χ0) is 27.1. The normalized spacial score (nSPS) is 16.4. The van der Waals surface area contributed by atoms with E-state index >= 15 is 0 Å². The second-order valence-electron chi connectivity index (χ2n) is 8.14. The molecule has 0 spiro atoms. The fourth-order valence-corrected chi connectivity index (χ4v) is 4.44. The zero-order valence-electron chi connectivity index (χ0n) is 19.9. The highest BCUT2D eigenvalue weighted by Crippen LogP contribution is 3.02. The molecule has 1 aliphatic rings. The summed E-state index contributed by atoms with van der Waals surface area (Å²) in [5.41, 5.74) is -1.04. The predicted octanol–water partition coefficient (Wildman–Crippen LogP) is 4.18. The molecule has 0 unspecified atom stereocenters. The van der Waals surface area contributed by atoms with Gasteiger partial charge in [0.05, 0.1) is 26.4 Å². The Labute approximate surface area is 207 Å². The van der Waals surface area contributed by atoms with Gasteiger partial charge in [0.2, 0.25) is 5.62 Å². The molecule has 3 aromatic rings. The number of carbonyl (C=O) groups is 1. The molecule has 10 nitrogen and oxygen atoms in total. The lowest BCUT2D eigenvalue weighted by atomic mass is 10.1. The number of ketones is 1. The van der Waals surface area contributed by atoms with E-state index in [1.54, 1.807) is 13.8 Å². The number of hydrogen-bond acceptors (Lipinski definition) is 8. The van der Waals surface area contributed by atoms with Crippen molar-refractivity contribution in [3.8, 4) is 11.6 Å². The molecule has 0 bridgehead atoms. The van der Waals surface area contributed by atoms with Crippen LogP contribution in [0.2, 0.25) is 0 Å². The Morgan fingerprint density at radius 1 is 1.03 bits per heavy atom. The van der Waals surface area contributed by atoms with E-state index in [-0.39, 0.29) is 67.6 Å². The molecule has 1 saturated heterocycles. The van der Waals surface area contributed by atoms with Gasteiger partial charge in [0.15, 0.2) is 17.2 Å². The maximum absolute atomic E-state index is 13.7. The Hall–Kier alpha value is -3.40. The number of nitrogens with zero attached hydrogens (tertiary/aromatic N) is 5. The first-order chi connectivity index (χ1) is 17.2. The summed E-state index contributed by atoms with van der Waals surface area (Å²) in [5, 5.41) is 16.6. The number of hydrogen-bond donors (Lipinski definition) is 1. The van der Waals surface area contributed by atoms with Crippen molar-refractivity contribution in [1.82, 2.24) is 19.4 Å². The van der Waals surface area contributed by atoms with Gasteiger partial charge in [-0.15, -0.1) is 10.2 Å². The van der Waals surface area contributed by atoms with Gasteiger partial charge in [0, 0.05) is 30.4 Å². The van der Waals surface area contributed by atoms with Crippen LogP contribution in [0.1, 0.15) is 24.2 Å². The van der Waals surface area contributed by atoms with Gasteiger partial charge in [-0.3, -0.25) is 10.2 Å². The summed E-state index contributed by atoms with van der Waals surface area (Å²) < 4.78 is 86.7. The third-order valence-corrected chi connectivity index (χ3v) is 6.58. The number of carbonyl (C=O) groups excluding carboxylic acids is 1. The van der Waals surface area contributed by atoms with E-state index < -0.39 is 33.0 Å². The minimum atomic E-state index is -10.1. The van der Waals surface area contributed by atoms with Crippen LogP contribution in [0.5, 0.6) is 11.6 Å². The largest absolute Gasteiger partial charge is 0.488 e. The van der Waals surface area contributed by atoms with Crippen molar-refractivity contribution in [3.05, 3.63) is 35.4 Å². The molecule has 204 valence electrons. The number of halogens is 5. The number of fused-ring (bicyclic) bond motifs is 1. The molecule has 3 heterocycles. The van der Waals surface area contributed by atoms with E-state index in [1.165, 1.54) is 11.0 Å². The Bertz CT molecular complexity index is 1400. The van der Waals surface area contributed by atoms with Gasteiger partial charge in [-0.05, 0) is 32.0 Å². The maximum atomic E-state index is 13.7. The predicted molar refractivity (Wildman–Crippen MR) is 124 cm³/mol. The number of Topliss-reactive ketones (excluding diaryl/α,β-unsaturated/α-hetero) is 1. The standard InChI is InChI=1S/C21H25F5N6O4S/c1-3-35-18-12-19-28-31(21(27)32(19)29-20(18)36-4-2)13-17(33)14-9-15(30-5-7-34-8-6-30)11-16(10-14)37(22,23,24,25)26/h9-12,27H,3-8,13H2,1-2H3. The minimum absolute atomic E-state index is 0.0833. The van der Waals surface area contributed by atoms with Gasteiger partial charge in [-0.1, -0.05) is 19.4 Å². The third-order valence-electron chi connectivity index (χ3n) is 5.46. The van der Waals surface area contributed by atoms with E-state index in [0.29, 0.717) is 12.7 Å². The van der Waals surface area contributed by atoms with Crippen LogP contribution < -0.4 is 20.0 Å². The van der Waals surface area contributed by atoms with E-state index in [0.717, 1.165) is 15.3 Å². The van der Waals surface area contributed by atoms with E-state index in [2.05, 4.69) is 10.2 Å². The van der Waals surface area contributed by atoms with Crippen LogP contribution in [0, 0.1) is 5.41 Å². The second kappa shape index (κ2) is 8.86. The Morgan fingerprint density at radius 3 is 2.32 bits per heavy atom. The molecule has 1 aliphatic heterocycles. The van der Waals surface area contributed by atoms with Crippen molar-refractivity contribution in [2.75, 3.05) is 44.4 Å². The molecule has 0 saturated carbocycles. The topological polar surface area (TPSA) is 107 Å². The van der Waals surface area contributed by atoms with Crippen LogP contribution in [0.3, 0.4) is 0 Å². The number of aromatic nitrogens is 4. The Kier molecular flexibility index (Phi) is 6.39. The lowest BCUT2D eigenvalue weighted by molar-refractivity contribution is 0.0965. The highest BCUT2D eigenvalue weighted by atomic mass is 32.5. The highest BCUT2D eigenvalue weighted by Gasteiger charge is 2.65. The lowest BCUT2D eigenvalue weighted by Crippen LogP contribution is -2.36. The number of anilines is 1. The summed E-state index contributed by atoms with van der Waals surface area (Å²) in [6.07, 6.45) is 0. The van der Waals surface area contributed by atoms with Crippen LogP contribution in [0.15, 0.2) is 29.2 Å². The number of nitrogens with one attached hydrogen (secondary N) is 1. The summed E-state index contributed by atoms with van der Waals surface area (Å²) in [6.45, 7) is 4.06. The van der Waals surface area contributed by atoms with Gasteiger partial charge < -0.3 is 19.1 Å². The average molecular weight is 553 g/mol. The van der Waals surface area contributed by atoms with Crippen LogP contribution in [-0.2, 0) is 11.3 Å². The molecule has 16 heteroatoms. The van der Waals surface area contributed by atoms with E-state index in [4.69, 9.17) is 19.6 Å². The van der Waals surface area contributed by atoms with E-state index in [9.17, 15) is 24.2 Å². The summed E-state index contributed by atoms with van der Waals surface area (Å²) in [7, 11) is -10.1. The first-order valence-electron chi connectivity index (χ1n) is 11.3. The number of benzene rings is 1. The Morgan fingerprint density at radius 2 is 1.70 bits per heavy atom. The average Bonchev–Trinajstić information content (AvgIpc) is 3.12. The van der Waals surface area contributed by atoms with Crippen molar-refractivity contribution in [2.24, 2.45) is 0 Å². The molecule has 1 aromatic carbocycles. The fraction of sp³-hybridized carbons (Fsp3) is 0.429. The van der Waals surface area contributed by atoms with Crippen molar-refractivity contribution in [2.45, 2.75) is 25.3 Å². The lowest BCUT2D eigenvalue weighted by Gasteiger charge is -2.41. The minimum Gasteiger partial charge on any atom is -0.488 e. The van der Waals surface area contributed by atoms with Crippen LogP contribution in [-0.4, -0.2) is 64.7 Å². The van der Waals surface area contributed by atoms with Crippen LogP contribution >= 0.6 is 10.2 Å². The first kappa shape index (κ1) is 26.7. The summed E-state index contributed by atoms with van der Waals surface area (Å²) in [6, 6.07) is 3.06. The number of ether oxygens (including phenoxy) is 3. The van der Waals surface area contributed by atoms with Crippen molar-refractivity contribution in [1.29, 1.82) is 5.41 Å². The van der Waals surface area contributed by atoms with Crippen LogP contribution in [0.4, 0.5) is 25.1 Å². The van der Waals surface area contributed by atoms with Gasteiger partial charge in [-0.2, -0.15) is 4.52 Å².